The van der Waals surface area contributed by atoms with Crippen LogP contribution in [0, 0.1) is 14.3 Å². The van der Waals surface area contributed by atoms with Gasteiger partial charge >= 0.3 is 56.9 Å². The fourth-order valence-electron chi connectivity index (χ4n) is 5.30. The molecule has 0 N–H and O–H groups in total. The van der Waals surface area contributed by atoms with E-state index in [4.69, 9.17) is 37.9 Å². The van der Waals surface area contributed by atoms with Crippen molar-refractivity contribution in [2.75, 3.05) is 92.5 Å². The summed E-state index contributed by atoms with van der Waals surface area (Å²) in [5.41, 5.74) is 2.79. The summed E-state index contributed by atoms with van der Waals surface area (Å²) in [5.74, 6) is 2.19. The molecule has 0 unspecified atom stereocenters. The maximum atomic E-state index is 9.75. The molecule has 20 heteroatoms. The van der Waals surface area contributed by atoms with E-state index in [1.54, 1.807) is 0 Å². The highest BCUT2D eigenvalue weighted by molar-refractivity contribution is 6.50. The predicted octanol–water partition coefficient (Wildman–Crippen LogP) is 2.98. The molecule has 3 aliphatic rings. The lowest BCUT2D eigenvalue weighted by Crippen LogP contribution is -3.61. The molecule has 4 aromatic carbocycles. The normalized spacial score (nSPS) is 16.5. The second-order valence-electron chi connectivity index (χ2n) is 12.9. The molecule has 0 radical (unpaired) electrons. The lowest BCUT2D eigenvalue weighted by molar-refractivity contribution is -0.597. The average molecular weight is 1110 g/mol. The van der Waals surface area contributed by atoms with E-state index in [0.717, 1.165) is 37.6 Å². The van der Waals surface area contributed by atoms with Crippen LogP contribution < -0.4 is 51.9 Å². The van der Waals surface area contributed by atoms with Crippen LogP contribution in [0.1, 0.15) is 24.0 Å². The van der Waals surface area contributed by atoms with Gasteiger partial charge in [0.2, 0.25) is 0 Å². The minimum absolute atomic E-state index is 0.0437. The molecule has 3 aliphatic heterocycles. The molecule has 4 aromatic rings. The number of ether oxygens (including phenoxy) is 8. The quantitative estimate of drug-likeness (QED) is 0.176. The van der Waals surface area contributed by atoms with Gasteiger partial charge in [-0.2, -0.15) is 0 Å². The van der Waals surface area contributed by atoms with E-state index in [1.807, 2.05) is 0 Å². The SMILES string of the molecule is C1COCCOCCOCCOCCOCCO1.F[B-](F)(F)F.F[B-](F)(F)F.c1ccc([I+]c2ccc3c(c2)CCCO3)cc1.c1ccc([I+]c2ccc3c(c2)CCCO3)cc1. The van der Waals surface area contributed by atoms with Gasteiger partial charge in [-0.05, 0) is 97.5 Å². The molecular weight excluding hydrogens is 1060 g/mol. The first-order chi connectivity index (χ1) is 29.8. The second-order valence-corrected chi connectivity index (χ2v) is 18.9. The first-order valence-electron chi connectivity index (χ1n) is 20.0. The number of fused-ring (bicyclic) bond motifs is 2. The van der Waals surface area contributed by atoms with Crippen molar-refractivity contribution in [1.29, 1.82) is 0 Å². The molecule has 62 heavy (non-hydrogen) atoms. The van der Waals surface area contributed by atoms with Crippen molar-refractivity contribution in [3.05, 3.63) is 122 Å². The summed E-state index contributed by atoms with van der Waals surface area (Å²) in [7, 11) is -12.0. The summed E-state index contributed by atoms with van der Waals surface area (Å²) >= 11 is -0.0874. The Morgan fingerprint density at radius 3 is 0.887 bits per heavy atom. The van der Waals surface area contributed by atoms with Crippen LogP contribution in [0.2, 0.25) is 0 Å². The first kappa shape index (κ1) is 53.6. The fraction of sp³-hybridized carbons (Fsp3) is 0.429. The molecule has 0 aromatic heterocycles. The highest BCUT2D eigenvalue weighted by atomic mass is 127. The molecule has 0 amide bonds. The first-order valence-corrected chi connectivity index (χ1v) is 24.3. The summed E-state index contributed by atoms with van der Waals surface area (Å²) in [4.78, 5) is 0. The summed E-state index contributed by atoms with van der Waals surface area (Å²) in [6.07, 6.45) is 4.64. The maximum Gasteiger partial charge on any atom is 0.673 e. The molecule has 0 aliphatic carbocycles. The van der Waals surface area contributed by atoms with E-state index in [2.05, 4.69) is 97.1 Å². The highest BCUT2D eigenvalue weighted by Crippen LogP contribution is 2.24. The van der Waals surface area contributed by atoms with Crippen molar-refractivity contribution in [3.8, 4) is 11.5 Å². The van der Waals surface area contributed by atoms with E-state index < -0.39 is 14.5 Å². The maximum absolute atomic E-state index is 9.75. The molecule has 0 bridgehead atoms. The second kappa shape index (κ2) is 32.0. The Hall–Kier alpha value is -2.73. The smallest absolute Gasteiger partial charge is 0.493 e. The number of hydrogen-bond donors (Lipinski definition) is 0. The van der Waals surface area contributed by atoms with Gasteiger partial charge in [0.05, 0.1) is 92.5 Å². The van der Waals surface area contributed by atoms with Crippen LogP contribution in [0.5, 0.6) is 11.5 Å². The zero-order valence-electron chi connectivity index (χ0n) is 34.2. The largest absolute Gasteiger partial charge is 0.673 e. The summed E-state index contributed by atoms with van der Waals surface area (Å²) in [6, 6.07) is 35.0. The van der Waals surface area contributed by atoms with E-state index >= 15 is 0 Å². The lowest BCUT2D eigenvalue weighted by Gasteiger charge is -2.15. The van der Waals surface area contributed by atoms with Crippen LogP contribution in [0.4, 0.5) is 34.5 Å². The van der Waals surface area contributed by atoms with E-state index in [9.17, 15) is 34.5 Å². The number of hydrogen-bond acceptors (Lipinski definition) is 8. The standard InChI is InChI=1S/2C15H14IO.C12H24O6.2BF4/c2*1-2-6-13(7-3-1)16-14-8-9-15-12(11-14)5-4-10-17-15;1-2-14-5-6-16-9-10-18-12-11-17-8-7-15-4-3-13-1;2*2-1(3,4)5/h2*1-3,6-9,11H,4-5,10H2;1-12H2;;/q2*+1;;2*-1. The molecule has 1 fully saturated rings. The Kier molecular flexibility index (Phi) is 27.7. The minimum Gasteiger partial charge on any atom is -0.493 e. The van der Waals surface area contributed by atoms with Crippen molar-refractivity contribution >= 4 is 14.5 Å². The third kappa shape index (κ3) is 28.9. The average Bonchev–Trinajstić information content (AvgIpc) is 3.24. The van der Waals surface area contributed by atoms with E-state index in [-0.39, 0.29) is 42.4 Å². The van der Waals surface area contributed by atoms with E-state index in [1.165, 1.54) is 38.2 Å². The number of rotatable bonds is 4. The van der Waals surface area contributed by atoms with Crippen LogP contribution >= 0.6 is 0 Å². The minimum atomic E-state index is -6.00. The van der Waals surface area contributed by atoms with Crippen LogP contribution in [-0.2, 0) is 41.3 Å². The van der Waals surface area contributed by atoms with Crippen LogP contribution in [0.15, 0.2) is 97.1 Å². The highest BCUT2D eigenvalue weighted by Gasteiger charge is 2.22. The van der Waals surface area contributed by atoms with Crippen molar-refractivity contribution < 1.29 is 115 Å². The molecule has 3 heterocycles. The van der Waals surface area contributed by atoms with Crippen molar-refractivity contribution in [3.63, 3.8) is 0 Å². The third-order valence-electron chi connectivity index (χ3n) is 7.88. The van der Waals surface area contributed by atoms with Gasteiger partial charge in [-0.25, -0.2) is 0 Å². The fourth-order valence-corrected chi connectivity index (χ4v) is 10.1. The molecule has 344 valence electrons. The van der Waals surface area contributed by atoms with Gasteiger partial charge in [-0.3, -0.25) is 0 Å². The topological polar surface area (TPSA) is 73.8 Å². The zero-order valence-corrected chi connectivity index (χ0v) is 38.5. The zero-order chi connectivity index (χ0) is 44.7. The molecule has 0 saturated carbocycles. The van der Waals surface area contributed by atoms with Gasteiger partial charge in [0, 0.05) is 0 Å². The Bertz CT molecular complexity index is 1560. The lowest BCUT2D eigenvalue weighted by atomic mass is 10.1. The molecule has 7 rings (SSSR count). The van der Waals surface area contributed by atoms with Gasteiger partial charge in [0.15, 0.2) is 14.3 Å². The Morgan fingerprint density at radius 2 is 0.613 bits per heavy atom. The van der Waals surface area contributed by atoms with Gasteiger partial charge in [0.1, 0.15) is 11.5 Å². The molecule has 0 atom stereocenters. The predicted molar refractivity (Wildman–Crippen MR) is 213 cm³/mol. The number of benzene rings is 4. The Balaban J connectivity index is 0.000000223. The van der Waals surface area contributed by atoms with Gasteiger partial charge in [0.25, 0.3) is 0 Å². The molecule has 1 saturated heterocycles. The molecule has 8 nitrogen and oxygen atoms in total. The monoisotopic (exact) mass is 1110 g/mol. The molecular formula is C42H52B2F8I2O8. The van der Waals surface area contributed by atoms with Gasteiger partial charge in [-0.15, -0.1) is 0 Å². The van der Waals surface area contributed by atoms with Crippen LogP contribution in [-0.4, -0.2) is 107 Å². The Labute approximate surface area is 379 Å². The van der Waals surface area contributed by atoms with Gasteiger partial charge in [-0.1, -0.05) is 36.4 Å². The number of aryl methyl sites for hydroxylation is 2. The summed E-state index contributed by atoms with van der Waals surface area (Å²) in [5, 5.41) is 0. The van der Waals surface area contributed by atoms with Crippen molar-refractivity contribution in [2.24, 2.45) is 0 Å². The van der Waals surface area contributed by atoms with Crippen LogP contribution in [0.25, 0.3) is 0 Å². The molecule has 0 spiro atoms. The summed E-state index contributed by atoms with van der Waals surface area (Å²) < 4.78 is 127. The van der Waals surface area contributed by atoms with Crippen molar-refractivity contribution in [1.82, 2.24) is 0 Å². The third-order valence-corrected chi connectivity index (χ3v) is 13.1. The number of halogens is 10. The Morgan fingerprint density at radius 1 is 0.339 bits per heavy atom. The van der Waals surface area contributed by atoms with Crippen LogP contribution in [0.3, 0.4) is 0 Å². The van der Waals surface area contributed by atoms with Gasteiger partial charge < -0.3 is 72.4 Å². The van der Waals surface area contributed by atoms with Crippen molar-refractivity contribution in [2.45, 2.75) is 25.7 Å². The van der Waals surface area contributed by atoms with E-state index in [0.29, 0.717) is 79.3 Å². The summed E-state index contributed by atoms with van der Waals surface area (Å²) in [6.45, 7) is 8.79.